The van der Waals surface area contributed by atoms with Crippen molar-refractivity contribution in [1.29, 1.82) is 0 Å². The number of nitrogens with one attached hydrogen (secondary N) is 1. The van der Waals surface area contributed by atoms with Gasteiger partial charge in [0.2, 0.25) is 0 Å². The summed E-state index contributed by atoms with van der Waals surface area (Å²) in [5, 5.41) is 3.24. The number of hydrogen-bond acceptors (Lipinski definition) is 5. The monoisotopic (exact) mass is 216 g/mol. The summed E-state index contributed by atoms with van der Waals surface area (Å²) in [6.07, 6.45) is 0.792. The van der Waals surface area contributed by atoms with Gasteiger partial charge in [-0.1, -0.05) is 0 Å². The van der Waals surface area contributed by atoms with Crippen LogP contribution in [0.15, 0.2) is 0 Å². The lowest BCUT2D eigenvalue weighted by Gasteiger charge is -2.27. The van der Waals surface area contributed by atoms with Crippen molar-refractivity contribution in [2.45, 2.75) is 12.0 Å². The molecule has 0 saturated carbocycles. The molecule has 1 aliphatic rings. The molecule has 1 rings (SSSR count). The zero-order chi connectivity index (χ0) is 11.3. The Bertz CT molecular complexity index is 223. The van der Waals surface area contributed by atoms with E-state index in [1.165, 1.54) is 7.11 Å². The smallest absolute Gasteiger partial charge is 0.327 e. The van der Waals surface area contributed by atoms with Crippen LogP contribution in [0, 0.1) is 0 Å². The lowest BCUT2D eigenvalue weighted by molar-refractivity contribution is -0.148. The van der Waals surface area contributed by atoms with Gasteiger partial charge in [0.15, 0.2) is 0 Å². The van der Waals surface area contributed by atoms with E-state index in [4.69, 9.17) is 9.47 Å². The van der Waals surface area contributed by atoms with Gasteiger partial charge in [0, 0.05) is 26.7 Å². The Morgan fingerprint density at radius 2 is 2.27 bits per heavy atom. The number of likely N-dealkylation sites (N-methyl/N-ethyl adjacent to an activating group) is 1. The molecule has 1 fully saturated rings. The van der Waals surface area contributed by atoms with Crippen molar-refractivity contribution in [2.75, 3.05) is 47.5 Å². The van der Waals surface area contributed by atoms with Crippen molar-refractivity contribution >= 4 is 5.97 Å². The average molecular weight is 216 g/mol. The summed E-state index contributed by atoms with van der Waals surface area (Å²) in [4.78, 5) is 13.8. The van der Waals surface area contributed by atoms with E-state index in [1.54, 1.807) is 7.11 Å². The van der Waals surface area contributed by atoms with Crippen LogP contribution in [-0.4, -0.2) is 63.9 Å². The van der Waals surface area contributed by atoms with E-state index < -0.39 is 5.54 Å². The van der Waals surface area contributed by atoms with Crippen LogP contribution in [0.1, 0.15) is 6.42 Å². The highest BCUT2D eigenvalue weighted by Crippen LogP contribution is 2.21. The quantitative estimate of drug-likeness (QED) is 0.494. The van der Waals surface area contributed by atoms with Gasteiger partial charge >= 0.3 is 5.97 Å². The van der Waals surface area contributed by atoms with Gasteiger partial charge in [-0.15, -0.1) is 0 Å². The number of hydrogen-bond donors (Lipinski definition) is 1. The Balaban J connectivity index is 2.57. The average Bonchev–Trinajstić information content (AvgIpc) is 2.61. The van der Waals surface area contributed by atoms with Crippen molar-refractivity contribution in [3.05, 3.63) is 0 Å². The van der Waals surface area contributed by atoms with E-state index in [0.29, 0.717) is 19.7 Å². The summed E-state index contributed by atoms with van der Waals surface area (Å²) in [6, 6.07) is 0. The van der Waals surface area contributed by atoms with Crippen molar-refractivity contribution in [3.63, 3.8) is 0 Å². The molecule has 88 valence electrons. The van der Waals surface area contributed by atoms with Crippen LogP contribution >= 0.6 is 0 Å². The highest BCUT2D eigenvalue weighted by Gasteiger charge is 2.44. The molecular weight excluding hydrogens is 196 g/mol. The maximum Gasteiger partial charge on any atom is 0.327 e. The highest BCUT2D eigenvalue weighted by molar-refractivity contribution is 5.81. The molecule has 0 bridgehead atoms. The summed E-state index contributed by atoms with van der Waals surface area (Å²) in [6.45, 7) is 2.88. The third kappa shape index (κ3) is 2.90. The van der Waals surface area contributed by atoms with Gasteiger partial charge in [-0.2, -0.15) is 0 Å². The van der Waals surface area contributed by atoms with Gasteiger partial charge in [-0.05, 0) is 13.5 Å². The third-order valence-corrected chi connectivity index (χ3v) is 2.81. The van der Waals surface area contributed by atoms with E-state index in [2.05, 4.69) is 10.2 Å². The second-order valence-electron chi connectivity index (χ2n) is 3.98. The first-order valence-electron chi connectivity index (χ1n) is 5.15. The Morgan fingerprint density at radius 1 is 1.53 bits per heavy atom. The largest absolute Gasteiger partial charge is 0.468 e. The van der Waals surface area contributed by atoms with Crippen molar-refractivity contribution < 1.29 is 14.3 Å². The Hall–Kier alpha value is -0.650. The summed E-state index contributed by atoms with van der Waals surface area (Å²) in [5.74, 6) is -0.178. The predicted molar refractivity (Wildman–Crippen MR) is 56.7 cm³/mol. The first kappa shape index (κ1) is 12.4. The second-order valence-corrected chi connectivity index (χ2v) is 3.98. The number of nitrogens with zero attached hydrogens (tertiary/aromatic N) is 1. The number of likely N-dealkylation sites (tertiary alicyclic amines) is 1. The molecule has 5 nitrogen and oxygen atoms in total. The number of esters is 1. The Labute approximate surface area is 90.7 Å². The SMILES string of the molecule is COCCNC1(C(=O)OC)CCN(C)C1. The minimum absolute atomic E-state index is 0.178. The molecule has 1 atom stereocenters. The number of carbonyl (C=O) groups is 1. The minimum atomic E-state index is -0.540. The molecule has 15 heavy (non-hydrogen) atoms. The molecule has 1 heterocycles. The molecular formula is C10H20N2O3. The standard InChI is InChI=1S/C10H20N2O3/c1-12-6-4-10(8-12,9(13)15-3)11-5-7-14-2/h11H,4-8H2,1-3H3. The van der Waals surface area contributed by atoms with E-state index >= 15 is 0 Å². The molecule has 0 amide bonds. The van der Waals surface area contributed by atoms with Gasteiger partial charge in [0.1, 0.15) is 5.54 Å². The van der Waals surface area contributed by atoms with E-state index in [1.807, 2.05) is 7.05 Å². The second kappa shape index (κ2) is 5.44. The molecule has 5 heteroatoms. The Kier molecular flexibility index (Phi) is 4.50. The summed E-state index contributed by atoms with van der Waals surface area (Å²) in [5.41, 5.74) is -0.540. The molecule has 1 N–H and O–H groups in total. The van der Waals surface area contributed by atoms with E-state index in [9.17, 15) is 4.79 Å². The maximum atomic E-state index is 11.7. The molecule has 0 aromatic carbocycles. The topological polar surface area (TPSA) is 50.8 Å². The predicted octanol–water partition coefficient (Wildman–Crippen LogP) is -0.530. The van der Waals surface area contributed by atoms with Crippen LogP contribution in [0.3, 0.4) is 0 Å². The van der Waals surface area contributed by atoms with Crippen LogP contribution in [0.25, 0.3) is 0 Å². The van der Waals surface area contributed by atoms with Crippen molar-refractivity contribution in [3.8, 4) is 0 Å². The minimum Gasteiger partial charge on any atom is -0.468 e. The lowest BCUT2D eigenvalue weighted by atomic mass is 9.99. The molecule has 0 radical (unpaired) electrons. The summed E-state index contributed by atoms with van der Waals surface area (Å²) in [7, 11) is 5.08. The molecule has 0 aromatic heterocycles. The number of methoxy groups -OCH3 is 2. The molecule has 0 spiro atoms. The van der Waals surface area contributed by atoms with Gasteiger partial charge in [-0.25, -0.2) is 0 Å². The molecule has 1 unspecified atom stereocenters. The fraction of sp³-hybridized carbons (Fsp3) is 0.900. The summed E-state index contributed by atoms with van der Waals surface area (Å²) >= 11 is 0. The number of carbonyl (C=O) groups excluding carboxylic acids is 1. The van der Waals surface area contributed by atoms with Gasteiger partial charge in [0.25, 0.3) is 0 Å². The zero-order valence-electron chi connectivity index (χ0n) is 9.71. The lowest BCUT2D eigenvalue weighted by Crippen LogP contribution is -2.55. The molecule has 0 aromatic rings. The van der Waals surface area contributed by atoms with Gasteiger partial charge < -0.3 is 14.4 Å². The fourth-order valence-corrected chi connectivity index (χ4v) is 1.97. The van der Waals surface area contributed by atoms with Gasteiger partial charge in [0.05, 0.1) is 13.7 Å². The maximum absolute atomic E-state index is 11.7. The third-order valence-electron chi connectivity index (χ3n) is 2.81. The van der Waals surface area contributed by atoms with Crippen LogP contribution in [0.2, 0.25) is 0 Å². The van der Waals surface area contributed by atoms with Crippen LogP contribution < -0.4 is 5.32 Å². The van der Waals surface area contributed by atoms with Crippen LogP contribution in [0.4, 0.5) is 0 Å². The molecule has 1 saturated heterocycles. The zero-order valence-corrected chi connectivity index (χ0v) is 9.71. The number of rotatable bonds is 5. The van der Waals surface area contributed by atoms with Crippen LogP contribution in [-0.2, 0) is 14.3 Å². The number of ether oxygens (including phenoxy) is 2. The normalized spacial score (nSPS) is 26.9. The first-order valence-corrected chi connectivity index (χ1v) is 5.15. The molecule has 0 aliphatic carbocycles. The Morgan fingerprint density at radius 3 is 2.73 bits per heavy atom. The van der Waals surface area contributed by atoms with E-state index in [0.717, 1.165) is 13.0 Å². The fourth-order valence-electron chi connectivity index (χ4n) is 1.97. The highest BCUT2D eigenvalue weighted by atomic mass is 16.5. The van der Waals surface area contributed by atoms with Crippen molar-refractivity contribution in [1.82, 2.24) is 10.2 Å². The van der Waals surface area contributed by atoms with Crippen LogP contribution in [0.5, 0.6) is 0 Å². The van der Waals surface area contributed by atoms with Crippen molar-refractivity contribution in [2.24, 2.45) is 0 Å². The van der Waals surface area contributed by atoms with Gasteiger partial charge in [-0.3, -0.25) is 10.1 Å². The van der Waals surface area contributed by atoms with E-state index in [-0.39, 0.29) is 5.97 Å². The first-order chi connectivity index (χ1) is 7.14. The molecule has 1 aliphatic heterocycles. The summed E-state index contributed by atoms with van der Waals surface area (Å²) < 4.78 is 9.81.